The maximum atomic E-state index is 13.0. The third-order valence-corrected chi connectivity index (χ3v) is 4.88. The molecule has 0 aromatic heterocycles. The number of fused-ring (bicyclic) bond motifs is 1. The highest BCUT2D eigenvalue weighted by molar-refractivity contribution is 6.33. The van der Waals surface area contributed by atoms with E-state index in [1.54, 1.807) is 31.3 Å². The van der Waals surface area contributed by atoms with Crippen LogP contribution in [0.4, 0.5) is 5.69 Å². The van der Waals surface area contributed by atoms with Crippen molar-refractivity contribution in [2.45, 2.75) is 13.0 Å². The maximum Gasteiger partial charge on any atom is 0.257 e. The van der Waals surface area contributed by atoms with Crippen molar-refractivity contribution in [2.75, 3.05) is 33.6 Å². The molecule has 2 N–H and O–H groups in total. The molecule has 0 unspecified atom stereocenters. The lowest BCUT2D eigenvalue weighted by Gasteiger charge is -2.30. The number of nitrogen functional groups attached to an aromatic ring is 1. The minimum absolute atomic E-state index is 0.149. The molecule has 1 heterocycles. The fourth-order valence-electron chi connectivity index (χ4n) is 3.13. The van der Waals surface area contributed by atoms with Crippen LogP contribution >= 0.6 is 11.6 Å². The molecule has 0 spiro atoms. The minimum atomic E-state index is -0.149. The lowest BCUT2D eigenvalue weighted by atomic mass is 9.98. The van der Waals surface area contributed by atoms with Gasteiger partial charge in [-0.1, -0.05) is 11.6 Å². The molecular weight excluding hydrogens is 356 g/mol. The summed E-state index contributed by atoms with van der Waals surface area (Å²) in [4.78, 5) is 14.8. The lowest BCUT2D eigenvalue weighted by molar-refractivity contribution is 0.0731. The van der Waals surface area contributed by atoms with E-state index in [0.29, 0.717) is 46.6 Å². The van der Waals surface area contributed by atoms with Gasteiger partial charge in [0.15, 0.2) is 11.5 Å². The smallest absolute Gasteiger partial charge is 0.257 e. The molecule has 0 saturated carbocycles. The van der Waals surface area contributed by atoms with Crippen LogP contribution in [0.2, 0.25) is 5.02 Å². The Labute approximate surface area is 157 Å². The normalized spacial score (nSPS) is 13.2. The SMILES string of the molecule is COc1cc2c(cc1OC)CN(C(=O)c1cc(Cl)c(N)cc1OC)CC2. The third-order valence-electron chi connectivity index (χ3n) is 4.55. The molecular formula is C19H21ClN2O4. The summed E-state index contributed by atoms with van der Waals surface area (Å²) in [5, 5.41) is 0.331. The second-order valence-electron chi connectivity index (χ2n) is 6.03. The second-order valence-corrected chi connectivity index (χ2v) is 6.43. The Hall–Kier alpha value is -2.60. The predicted octanol–water partition coefficient (Wildman–Crippen LogP) is 3.15. The molecule has 7 heteroatoms. The van der Waals surface area contributed by atoms with Gasteiger partial charge in [-0.2, -0.15) is 0 Å². The van der Waals surface area contributed by atoms with Crippen LogP contribution in [0.25, 0.3) is 0 Å². The van der Waals surface area contributed by atoms with Gasteiger partial charge in [0.2, 0.25) is 0 Å². The molecule has 1 aliphatic rings. The number of methoxy groups -OCH3 is 3. The van der Waals surface area contributed by atoms with Gasteiger partial charge in [-0.05, 0) is 35.7 Å². The summed E-state index contributed by atoms with van der Waals surface area (Å²) < 4.78 is 16.0. The van der Waals surface area contributed by atoms with E-state index in [-0.39, 0.29) is 5.91 Å². The van der Waals surface area contributed by atoms with Crippen molar-refractivity contribution in [3.8, 4) is 17.2 Å². The zero-order valence-corrected chi connectivity index (χ0v) is 15.7. The topological polar surface area (TPSA) is 74.0 Å². The van der Waals surface area contributed by atoms with Gasteiger partial charge in [-0.25, -0.2) is 0 Å². The number of ether oxygens (including phenoxy) is 3. The van der Waals surface area contributed by atoms with Crippen molar-refractivity contribution in [3.63, 3.8) is 0 Å². The van der Waals surface area contributed by atoms with Gasteiger partial charge >= 0.3 is 0 Å². The van der Waals surface area contributed by atoms with E-state index in [2.05, 4.69) is 0 Å². The predicted molar refractivity (Wildman–Crippen MR) is 100 cm³/mol. The van der Waals surface area contributed by atoms with Gasteiger partial charge in [0.05, 0.1) is 37.6 Å². The number of rotatable bonds is 4. The number of carbonyl (C=O) groups is 1. The molecule has 0 aliphatic carbocycles. The largest absolute Gasteiger partial charge is 0.496 e. The number of carbonyl (C=O) groups excluding carboxylic acids is 1. The number of nitrogens with zero attached hydrogens (tertiary/aromatic N) is 1. The highest BCUT2D eigenvalue weighted by Crippen LogP contribution is 2.35. The highest BCUT2D eigenvalue weighted by atomic mass is 35.5. The zero-order valence-electron chi connectivity index (χ0n) is 15.0. The molecule has 0 bridgehead atoms. The summed E-state index contributed by atoms with van der Waals surface area (Å²) >= 11 is 6.10. The first-order valence-electron chi connectivity index (χ1n) is 8.14. The summed E-state index contributed by atoms with van der Waals surface area (Å²) in [6.45, 7) is 1.06. The highest BCUT2D eigenvalue weighted by Gasteiger charge is 2.26. The van der Waals surface area contributed by atoms with Crippen molar-refractivity contribution in [1.29, 1.82) is 0 Å². The Morgan fingerprint density at radius 2 is 1.62 bits per heavy atom. The molecule has 0 radical (unpaired) electrons. The first-order valence-corrected chi connectivity index (χ1v) is 8.52. The third kappa shape index (κ3) is 3.24. The Morgan fingerprint density at radius 1 is 1.00 bits per heavy atom. The number of halogens is 1. The Balaban J connectivity index is 1.91. The van der Waals surface area contributed by atoms with E-state index in [9.17, 15) is 4.79 Å². The molecule has 6 nitrogen and oxygen atoms in total. The van der Waals surface area contributed by atoms with Gasteiger partial charge < -0.3 is 24.8 Å². The molecule has 0 saturated heterocycles. The van der Waals surface area contributed by atoms with Gasteiger partial charge in [0, 0.05) is 19.2 Å². The molecule has 0 atom stereocenters. The van der Waals surface area contributed by atoms with Crippen LogP contribution in [-0.4, -0.2) is 38.7 Å². The molecule has 2 aromatic carbocycles. The first kappa shape index (κ1) is 18.2. The fraction of sp³-hybridized carbons (Fsp3) is 0.316. The van der Waals surface area contributed by atoms with E-state index < -0.39 is 0 Å². The van der Waals surface area contributed by atoms with Crippen LogP contribution in [0.1, 0.15) is 21.5 Å². The summed E-state index contributed by atoms with van der Waals surface area (Å²) in [7, 11) is 4.71. The number of anilines is 1. The number of hydrogen-bond donors (Lipinski definition) is 1. The molecule has 26 heavy (non-hydrogen) atoms. The van der Waals surface area contributed by atoms with Crippen molar-refractivity contribution in [1.82, 2.24) is 4.90 Å². The standard InChI is InChI=1S/C19H21ClN2O4/c1-24-16-9-15(21)14(20)8-13(16)19(23)22-5-4-11-6-17(25-2)18(26-3)7-12(11)10-22/h6-9H,4-5,10,21H2,1-3H3. The monoisotopic (exact) mass is 376 g/mol. The van der Waals surface area contributed by atoms with E-state index in [0.717, 1.165) is 17.5 Å². The number of amides is 1. The summed E-state index contributed by atoms with van der Waals surface area (Å²) in [6.07, 6.45) is 0.729. The number of nitrogens with two attached hydrogens (primary N) is 1. The minimum Gasteiger partial charge on any atom is -0.496 e. The van der Waals surface area contributed by atoms with E-state index >= 15 is 0 Å². The van der Waals surface area contributed by atoms with Crippen LogP contribution in [-0.2, 0) is 13.0 Å². The number of benzene rings is 2. The molecule has 0 fully saturated rings. The molecule has 138 valence electrons. The Morgan fingerprint density at radius 3 is 2.23 bits per heavy atom. The van der Waals surface area contributed by atoms with Gasteiger partial charge in [-0.3, -0.25) is 4.79 Å². The van der Waals surface area contributed by atoms with Crippen LogP contribution in [0, 0.1) is 0 Å². The Kier molecular flexibility index (Phi) is 5.13. The molecule has 2 aromatic rings. The van der Waals surface area contributed by atoms with Gasteiger partial charge in [0.1, 0.15) is 5.75 Å². The van der Waals surface area contributed by atoms with Crippen LogP contribution in [0.5, 0.6) is 17.2 Å². The number of hydrogen-bond acceptors (Lipinski definition) is 5. The van der Waals surface area contributed by atoms with E-state index in [4.69, 9.17) is 31.5 Å². The van der Waals surface area contributed by atoms with E-state index in [1.807, 2.05) is 12.1 Å². The van der Waals surface area contributed by atoms with Crippen LogP contribution in [0.3, 0.4) is 0 Å². The summed E-state index contributed by atoms with van der Waals surface area (Å²) in [5.41, 5.74) is 8.76. The lowest BCUT2D eigenvalue weighted by Crippen LogP contribution is -2.36. The van der Waals surface area contributed by atoms with Gasteiger partial charge in [-0.15, -0.1) is 0 Å². The quantitative estimate of drug-likeness (QED) is 0.830. The molecule has 3 rings (SSSR count). The van der Waals surface area contributed by atoms with E-state index in [1.165, 1.54) is 7.11 Å². The van der Waals surface area contributed by atoms with Crippen molar-refractivity contribution < 1.29 is 19.0 Å². The van der Waals surface area contributed by atoms with Crippen molar-refractivity contribution in [2.24, 2.45) is 0 Å². The summed E-state index contributed by atoms with van der Waals surface area (Å²) in [6, 6.07) is 7.01. The second kappa shape index (κ2) is 7.33. The average molecular weight is 377 g/mol. The Bertz CT molecular complexity index is 854. The molecule has 1 amide bonds. The average Bonchev–Trinajstić information content (AvgIpc) is 2.67. The molecule has 1 aliphatic heterocycles. The first-order chi connectivity index (χ1) is 12.5. The van der Waals surface area contributed by atoms with Gasteiger partial charge in [0.25, 0.3) is 5.91 Å². The summed E-state index contributed by atoms with van der Waals surface area (Å²) in [5.74, 6) is 1.60. The van der Waals surface area contributed by atoms with Crippen molar-refractivity contribution in [3.05, 3.63) is 46.0 Å². The fourth-order valence-corrected chi connectivity index (χ4v) is 3.30. The maximum absolute atomic E-state index is 13.0. The zero-order chi connectivity index (χ0) is 18.8. The van der Waals surface area contributed by atoms with Crippen molar-refractivity contribution >= 4 is 23.2 Å². The van der Waals surface area contributed by atoms with Crippen LogP contribution in [0.15, 0.2) is 24.3 Å². The van der Waals surface area contributed by atoms with Crippen LogP contribution < -0.4 is 19.9 Å².